The van der Waals surface area contributed by atoms with Crippen LogP contribution in [0.25, 0.3) is 0 Å². The molecule has 2 N–H and O–H groups in total. The molecule has 0 radical (unpaired) electrons. The van der Waals surface area contributed by atoms with Gasteiger partial charge in [-0.15, -0.1) is 0 Å². The van der Waals surface area contributed by atoms with Gasteiger partial charge in [0.15, 0.2) is 11.6 Å². The van der Waals surface area contributed by atoms with E-state index in [0.29, 0.717) is 5.69 Å². The van der Waals surface area contributed by atoms with Crippen LogP contribution in [0.1, 0.15) is 35.7 Å². The molecule has 0 saturated carbocycles. The highest BCUT2D eigenvalue weighted by Gasteiger charge is 2.15. The van der Waals surface area contributed by atoms with Gasteiger partial charge in [-0.05, 0) is 35.7 Å². The highest BCUT2D eigenvalue weighted by Crippen LogP contribution is 2.26. The van der Waals surface area contributed by atoms with Gasteiger partial charge in [0.2, 0.25) is 0 Å². The van der Waals surface area contributed by atoms with Crippen LogP contribution in [0.2, 0.25) is 0 Å². The maximum atomic E-state index is 13.9. The third-order valence-corrected chi connectivity index (χ3v) is 3.11. The summed E-state index contributed by atoms with van der Waals surface area (Å²) in [5.41, 5.74) is 0.789. The van der Waals surface area contributed by atoms with Gasteiger partial charge in [0.25, 0.3) is 0 Å². The lowest BCUT2D eigenvalue weighted by molar-refractivity contribution is 0.0696. The second-order valence-corrected chi connectivity index (χ2v) is 5.03. The molecule has 0 saturated heterocycles. The maximum Gasteiger partial charge on any atom is 0.335 e. The Bertz CT molecular complexity index is 661. The number of benzene rings is 2. The van der Waals surface area contributed by atoms with E-state index in [2.05, 4.69) is 5.32 Å². The number of carboxylic acids is 1. The van der Waals surface area contributed by atoms with Crippen LogP contribution in [0.5, 0.6) is 0 Å². The van der Waals surface area contributed by atoms with Crippen molar-refractivity contribution in [2.24, 2.45) is 0 Å². The van der Waals surface area contributed by atoms with Crippen LogP contribution >= 0.6 is 0 Å². The molecule has 0 aromatic heterocycles. The van der Waals surface area contributed by atoms with Crippen molar-refractivity contribution in [3.8, 4) is 0 Å². The first-order valence-corrected chi connectivity index (χ1v) is 6.48. The Morgan fingerprint density at radius 2 is 1.76 bits per heavy atom. The maximum absolute atomic E-state index is 13.9. The van der Waals surface area contributed by atoms with E-state index in [1.807, 2.05) is 19.9 Å². The number of hydrogen-bond acceptors (Lipinski definition) is 2. The van der Waals surface area contributed by atoms with Crippen LogP contribution in [0.15, 0.2) is 36.4 Å². The van der Waals surface area contributed by atoms with Crippen molar-refractivity contribution < 1.29 is 18.7 Å². The van der Waals surface area contributed by atoms with Gasteiger partial charge >= 0.3 is 5.97 Å². The van der Waals surface area contributed by atoms with E-state index in [1.165, 1.54) is 0 Å². The second kappa shape index (κ2) is 5.91. The number of aromatic carboxylic acids is 1. The topological polar surface area (TPSA) is 49.3 Å². The summed E-state index contributed by atoms with van der Waals surface area (Å²) in [6, 6.07) is 8.79. The smallest absolute Gasteiger partial charge is 0.335 e. The highest BCUT2D eigenvalue weighted by atomic mass is 19.1. The first-order valence-electron chi connectivity index (χ1n) is 6.48. The lowest BCUT2D eigenvalue weighted by atomic mass is 10.0. The van der Waals surface area contributed by atoms with Crippen LogP contribution < -0.4 is 5.32 Å². The number of rotatable bonds is 4. The molecule has 0 unspecified atom stereocenters. The predicted molar refractivity (Wildman–Crippen MR) is 77.1 cm³/mol. The summed E-state index contributed by atoms with van der Waals surface area (Å²) < 4.78 is 27.7. The van der Waals surface area contributed by atoms with Crippen molar-refractivity contribution in [1.82, 2.24) is 0 Å². The molecular weight excluding hydrogens is 276 g/mol. The van der Waals surface area contributed by atoms with Crippen molar-refractivity contribution in [2.45, 2.75) is 19.8 Å². The molecule has 0 aliphatic heterocycles. The lowest BCUT2D eigenvalue weighted by Gasteiger charge is -2.12. The van der Waals surface area contributed by atoms with Gasteiger partial charge in [0, 0.05) is 5.69 Å². The number of carboxylic acid groups (broad SMARTS) is 1. The van der Waals surface area contributed by atoms with E-state index >= 15 is 0 Å². The zero-order chi connectivity index (χ0) is 15.6. The fourth-order valence-electron chi connectivity index (χ4n) is 1.94. The average molecular weight is 291 g/mol. The standard InChI is InChI=1S/C16H15F2NO2/c1-9(2)10-4-3-5-12(6-10)19-15-13(17)7-11(16(20)21)8-14(15)18/h3-9,19H,1-2H3,(H,20,21). The van der Waals surface area contributed by atoms with Crippen LogP contribution in [-0.4, -0.2) is 11.1 Å². The van der Waals surface area contributed by atoms with Crippen LogP contribution in [0.4, 0.5) is 20.2 Å². The summed E-state index contributed by atoms with van der Waals surface area (Å²) in [7, 11) is 0. The summed E-state index contributed by atoms with van der Waals surface area (Å²) in [5, 5.41) is 11.4. The molecule has 0 aliphatic carbocycles. The van der Waals surface area contributed by atoms with Gasteiger partial charge in [-0.3, -0.25) is 0 Å². The summed E-state index contributed by atoms with van der Waals surface area (Å²) in [6.45, 7) is 4.03. The van der Waals surface area contributed by atoms with Gasteiger partial charge in [0.05, 0.1) is 5.56 Å². The number of carbonyl (C=O) groups is 1. The molecule has 0 heterocycles. The largest absolute Gasteiger partial charge is 0.478 e. The van der Waals surface area contributed by atoms with Crippen molar-refractivity contribution in [1.29, 1.82) is 0 Å². The van der Waals surface area contributed by atoms with Crippen LogP contribution in [0.3, 0.4) is 0 Å². The zero-order valence-corrected chi connectivity index (χ0v) is 11.7. The normalized spacial score (nSPS) is 10.7. The van der Waals surface area contributed by atoms with Gasteiger partial charge in [0.1, 0.15) is 5.69 Å². The Kier molecular flexibility index (Phi) is 4.21. The van der Waals surface area contributed by atoms with Crippen molar-refractivity contribution in [2.75, 3.05) is 5.32 Å². The minimum Gasteiger partial charge on any atom is -0.478 e. The molecule has 21 heavy (non-hydrogen) atoms. The van der Waals surface area contributed by atoms with E-state index < -0.39 is 23.2 Å². The Balaban J connectivity index is 2.36. The van der Waals surface area contributed by atoms with Gasteiger partial charge in [-0.2, -0.15) is 0 Å². The van der Waals surface area contributed by atoms with Gasteiger partial charge in [-0.25, -0.2) is 13.6 Å². The third-order valence-electron chi connectivity index (χ3n) is 3.11. The molecule has 3 nitrogen and oxygen atoms in total. The summed E-state index contributed by atoms with van der Waals surface area (Å²) in [5.74, 6) is -2.97. The molecule has 0 amide bonds. The molecule has 0 aliphatic rings. The van der Waals surface area contributed by atoms with E-state index in [9.17, 15) is 13.6 Å². The fourth-order valence-corrected chi connectivity index (χ4v) is 1.94. The van der Waals surface area contributed by atoms with E-state index in [0.717, 1.165) is 17.7 Å². The van der Waals surface area contributed by atoms with E-state index in [4.69, 9.17) is 5.11 Å². The molecule has 0 spiro atoms. The number of nitrogens with one attached hydrogen (secondary N) is 1. The van der Waals surface area contributed by atoms with Crippen molar-refractivity contribution in [3.63, 3.8) is 0 Å². The summed E-state index contributed by atoms with van der Waals surface area (Å²) in [4.78, 5) is 10.7. The van der Waals surface area contributed by atoms with Crippen LogP contribution in [-0.2, 0) is 0 Å². The molecule has 0 fully saturated rings. The molecule has 5 heteroatoms. The van der Waals surface area contributed by atoms with E-state index in [1.54, 1.807) is 18.2 Å². The van der Waals surface area contributed by atoms with Crippen LogP contribution in [0, 0.1) is 11.6 Å². The fraction of sp³-hybridized carbons (Fsp3) is 0.188. The molecule has 0 atom stereocenters. The molecule has 2 aromatic rings. The minimum atomic E-state index is -1.37. The van der Waals surface area contributed by atoms with E-state index in [-0.39, 0.29) is 11.6 Å². The molecular formula is C16H15F2NO2. The summed E-state index contributed by atoms with van der Waals surface area (Å²) >= 11 is 0. The monoisotopic (exact) mass is 291 g/mol. The number of halogens is 2. The third kappa shape index (κ3) is 3.37. The molecule has 2 aromatic carbocycles. The highest BCUT2D eigenvalue weighted by molar-refractivity contribution is 5.88. The second-order valence-electron chi connectivity index (χ2n) is 5.03. The predicted octanol–water partition coefficient (Wildman–Crippen LogP) is 4.53. The number of anilines is 2. The Morgan fingerprint density at radius 1 is 1.14 bits per heavy atom. The van der Waals surface area contributed by atoms with Gasteiger partial charge in [-0.1, -0.05) is 26.0 Å². The average Bonchev–Trinajstić information content (AvgIpc) is 2.42. The molecule has 110 valence electrons. The SMILES string of the molecule is CC(C)c1cccc(Nc2c(F)cc(C(=O)O)cc2F)c1. The van der Waals surface area contributed by atoms with Crippen molar-refractivity contribution in [3.05, 3.63) is 59.2 Å². The first-order chi connectivity index (χ1) is 9.88. The van der Waals surface area contributed by atoms with Crippen molar-refractivity contribution >= 4 is 17.3 Å². The number of hydrogen-bond donors (Lipinski definition) is 2. The Labute approximate surface area is 121 Å². The minimum absolute atomic E-state index is 0.288. The molecule has 0 bridgehead atoms. The summed E-state index contributed by atoms with van der Waals surface area (Å²) in [6.07, 6.45) is 0. The quantitative estimate of drug-likeness (QED) is 0.870. The lowest BCUT2D eigenvalue weighted by Crippen LogP contribution is -2.03. The first kappa shape index (κ1) is 15.0. The van der Waals surface area contributed by atoms with Gasteiger partial charge < -0.3 is 10.4 Å². The Morgan fingerprint density at radius 3 is 2.29 bits per heavy atom. The zero-order valence-electron chi connectivity index (χ0n) is 11.7. The Hall–Kier alpha value is -2.43. The molecule has 2 rings (SSSR count).